The molecule has 0 radical (unpaired) electrons. The van der Waals surface area contributed by atoms with Gasteiger partial charge in [0.25, 0.3) is 0 Å². The molecule has 0 fully saturated rings. The number of halogens is 1. The van der Waals surface area contributed by atoms with Gasteiger partial charge in [-0.25, -0.2) is 15.0 Å². The molecular formula is C10H8BrN5O. The van der Waals surface area contributed by atoms with E-state index < -0.39 is 0 Å². The van der Waals surface area contributed by atoms with Crippen molar-refractivity contribution >= 4 is 32.9 Å². The molecule has 17 heavy (non-hydrogen) atoms. The summed E-state index contributed by atoms with van der Waals surface area (Å²) >= 11 is 3.25. The highest BCUT2D eigenvalue weighted by molar-refractivity contribution is 9.10. The van der Waals surface area contributed by atoms with E-state index in [-0.39, 0.29) is 0 Å². The highest BCUT2D eigenvalue weighted by atomic mass is 79.9. The molecule has 0 amide bonds. The summed E-state index contributed by atoms with van der Waals surface area (Å²) in [6, 6.07) is 3.74. The van der Waals surface area contributed by atoms with E-state index in [2.05, 4.69) is 41.2 Å². The van der Waals surface area contributed by atoms with Gasteiger partial charge in [0.05, 0.1) is 19.1 Å². The molecule has 0 saturated carbocycles. The molecule has 6 nitrogen and oxygen atoms in total. The predicted octanol–water partition coefficient (Wildman–Crippen LogP) is 2.32. The Morgan fingerprint density at radius 3 is 3.18 bits per heavy atom. The van der Waals surface area contributed by atoms with Crippen molar-refractivity contribution < 1.29 is 4.42 Å². The lowest BCUT2D eigenvalue weighted by atomic mass is 10.4. The molecule has 3 aromatic heterocycles. The average molecular weight is 294 g/mol. The largest absolute Gasteiger partial charge is 0.467 e. The SMILES string of the molecule is Brc1nc(NCc2ccco2)c2[nH]cnc2n1. The van der Waals surface area contributed by atoms with Crippen LogP contribution >= 0.6 is 15.9 Å². The summed E-state index contributed by atoms with van der Waals surface area (Å²) in [5.41, 5.74) is 1.40. The summed E-state index contributed by atoms with van der Waals surface area (Å²) < 4.78 is 5.73. The van der Waals surface area contributed by atoms with Crippen LogP contribution in [-0.2, 0) is 6.54 Å². The zero-order valence-electron chi connectivity index (χ0n) is 8.64. The number of anilines is 1. The third-order valence-electron chi connectivity index (χ3n) is 2.27. The molecule has 2 N–H and O–H groups in total. The third-order valence-corrected chi connectivity index (χ3v) is 2.62. The summed E-state index contributed by atoms with van der Waals surface area (Å²) in [5.74, 6) is 1.53. The summed E-state index contributed by atoms with van der Waals surface area (Å²) in [6.45, 7) is 0.560. The number of nitrogens with one attached hydrogen (secondary N) is 2. The average Bonchev–Trinajstić information content (AvgIpc) is 2.95. The fourth-order valence-electron chi connectivity index (χ4n) is 1.52. The zero-order chi connectivity index (χ0) is 11.7. The van der Waals surface area contributed by atoms with Crippen LogP contribution in [0.4, 0.5) is 5.82 Å². The number of aromatic nitrogens is 4. The lowest BCUT2D eigenvalue weighted by Gasteiger charge is -2.04. The van der Waals surface area contributed by atoms with Gasteiger partial charge in [0.1, 0.15) is 11.3 Å². The number of imidazole rings is 1. The monoisotopic (exact) mass is 293 g/mol. The Labute approximate surface area is 105 Å². The Bertz CT molecular complexity index is 633. The highest BCUT2D eigenvalue weighted by Gasteiger charge is 2.08. The zero-order valence-corrected chi connectivity index (χ0v) is 10.2. The number of rotatable bonds is 3. The number of H-pyrrole nitrogens is 1. The van der Waals surface area contributed by atoms with E-state index in [1.165, 1.54) is 0 Å². The van der Waals surface area contributed by atoms with Crippen LogP contribution in [0.5, 0.6) is 0 Å². The molecule has 0 atom stereocenters. The lowest BCUT2D eigenvalue weighted by molar-refractivity contribution is 0.518. The Balaban J connectivity index is 1.91. The molecule has 7 heteroatoms. The fourth-order valence-corrected chi connectivity index (χ4v) is 1.86. The van der Waals surface area contributed by atoms with Gasteiger partial charge in [-0.1, -0.05) is 0 Å². The molecule has 86 valence electrons. The van der Waals surface area contributed by atoms with E-state index in [1.54, 1.807) is 12.6 Å². The van der Waals surface area contributed by atoms with Gasteiger partial charge in [0, 0.05) is 0 Å². The van der Waals surface area contributed by atoms with Crippen molar-refractivity contribution in [2.45, 2.75) is 6.54 Å². The molecule has 3 heterocycles. The van der Waals surface area contributed by atoms with Crippen LogP contribution in [-0.4, -0.2) is 19.9 Å². The molecule has 3 aromatic rings. The number of hydrogen-bond donors (Lipinski definition) is 2. The first kappa shape index (κ1) is 10.3. The van der Waals surface area contributed by atoms with Gasteiger partial charge in [0.15, 0.2) is 11.5 Å². The standard InChI is InChI=1S/C10H8BrN5O/c11-10-15-8(7-9(16-10)14-5-13-7)12-4-6-2-1-3-17-6/h1-3,5H,4H2,(H2,12,13,14,15,16). The Morgan fingerprint density at radius 2 is 2.35 bits per heavy atom. The molecule has 3 rings (SSSR count). The first-order valence-corrected chi connectivity index (χ1v) is 5.75. The van der Waals surface area contributed by atoms with Crippen molar-refractivity contribution in [3.63, 3.8) is 0 Å². The maximum atomic E-state index is 5.24. The Hall–Kier alpha value is -1.89. The number of hydrogen-bond acceptors (Lipinski definition) is 5. The van der Waals surface area contributed by atoms with Crippen molar-refractivity contribution in [3.8, 4) is 0 Å². The van der Waals surface area contributed by atoms with Crippen molar-refractivity contribution in [1.82, 2.24) is 19.9 Å². The van der Waals surface area contributed by atoms with E-state index in [1.807, 2.05) is 12.1 Å². The maximum absolute atomic E-state index is 5.24. The van der Waals surface area contributed by atoms with Crippen molar-refractivity contribution in [2.24, 2.45) is 0 Å². The van der Waals surface area contributed by atoms with E-state index in [9.17, 15) is 0 Å². The van der Waals surface area contributed by atoms with Gasteiger partial charge in [0.2, 0.25) is 4.73 Å². The molecule has 0 aliphatic carbocycles. The third kappa shape index (κ3) is 2.01. The van der Waals surface area contributed by atoms with Gasteiger partial charge in [-0.2, -0.15) is 0 Å². The molecule has 0 aliphatic rings. The Kier molecular flexibility index (Phi) is 2.52. The van der Waals surface area contributed by atoms with Crippen LogP contribution in [0.15, 0.2) is 33.9 Å². The van der Waals surface area contributed by atoms with Gasteiger partial charge >= 0.3 is 0 Å². The van der Waals surface area contributed by atoms with Crippen LogP contribution in [0.25, 0.3) is 11.2 Å². The minimum atomic E-state index is 0.499. The maximum Gasteiger partial charge on any atom is 0.200 e. The normalized spacial score (nSPS) is 10.9. The highest BCUT2D eigenvalue weighted by Crippen LogP contribution is 2.19. The number of fused-ring (bicyclic) bond motifs is 1. The van der Waals surface area contributed by atoms with Crippen LogP contribution in [0.2, 0.25) is 0 Å². The smallest absolute Gasteiger partial charge is 0.200 e. The van der Waals surface area contributed by atoms with Crippen molar-refractivity contribution in [2.75, 3.05) is 5.32 Å². The summed E-state index contributed by atoms with van der Waals surface area (Å²) in [6.07, 6.45) is 3.22. The molecule has 0 spiro atoms. The topological polar surface area (TPSA) is 79.6 Å². The molecule has 0 unspecified atom stereocenters. The van der Waals surface area contributed by atoms with Crippen LogP contribution < -0.4 is 5.32 Å². The van der Waals surface area contributed by atoms with Gasteiger partial charge in [-0.05, 0) is 28.1 Å². The lowest BCUT2D eigenvalue weighted by Crippen LogP contribution is -2.02. The van der Waals surface area contributed by atoms with Crippen LogP contribution in [0.1, 0.15) is 5.76 Å². The first-order chi connectivity index (χ1) is 8.33. The second-order valence-electron chi connectivity index (χ2n) is 3.38. The van der Waals surface area contributed by atoms with Gasteiger partial charge in [-0.3, -0.25) is 0 Å². The minimum Gasteiger partial charge on any atom is -0.467 e. The quantitative estimate of drug-likeness (QED) is 0.725. The van der Waals surface area contributed by atoms with Gasteiger partial charge in [-0.15, -0.1) is 0 Å². The fraction of sp³-hybridized carbons (Fsp3) is 0.100. The molecule has 0 saturated heterocycles. The molecule has 0 aliphatic heterocycles. The second kappa shape index (κ2) is 4.17. The van der Waals surface area contributed by atoms with E-state index in [0.29, 0.717) is 22.7 Å². The summed E-state index contributed by atoms with van der Waals surface area (Å²) in [7, 11) is 0. The summed E-state index contributed by atoms with van der Waals surface area (Å²) in [4.78, 5) is 15.5. The molecule has 0 bridgehead atoms. The predicted molar refractivity (Wildman–Crippen MR) is 65.4 cm³/mol. The van der Waals surface area contributed by atoms with Crippen LogP contribution in [0.3, 0.4) is 0 Å². The first-order valence-electron chi connectivity index (χ1n) is 4.96. The van der Waals surface area contributed by atoms with E-state index in [0.717, 1.165) is 11.3 Å². The van der Waals surface area contributed by atoms with Crippen molar-refractivity contribution in [1.29, 1.82) is 0 Å². The second-order valence-corrected chi connectivity index (χ2v) is 4.08. The van der Waals surface area contributed by atoms with Crippen molar-refractivity contribution in [3.05, 3.63) is 35.2 Å². The minimum absolute atomic E-state index is 0.499. The van der Waals surface area contributed by atoms with E-state index in [4.69, 9.17) is 4.42 Å². The number of aromatic amines is 1. The summed E-state index contributed by atoms with van der Waals surface area (Å²) in [5, 5.41) is 3.17. The van der Waals surface area contributed by atoms with Gasteiger partial charge < -0.3 is 14.7 Å². The van der Waals surface area contributed by atoms with Crippen LogP contribution in [0, 0.1) is 0 Å². The number of furan rings is 1. The van der Waals surface area contributed by atoms with E-state index >= 15 is 0 Å². The molecule has 0 aromatic carbocycles. The Morgan fingerprint density at radius 1 is 1.41 bits per heavy atom. The number of nitrogens with zero attached hydrogens (tertiary/aromatic N) is 3. The molecular weight excluding hydrogens is 286 g/mol.